The van der Waals surface area contributed by atoms with E-state index >= 15 is 0 Å². The van der Waals surface area contributed by atoms with Crippen molar-refractivity contribution in [2.45, 2.75) is 38.3 Å². The van der Waals surface area contributed by atoms with Crippen molar-refractivity contribution in [1.82, 2.24) is 9.96 Å². The first-order chi connectivity index (χ1) is 11.8. The normalized spacial score (nSPS) is 31.2. The Morgan fingerprint density at radius 3 is 3.04 bits per heavy atom. The summed E-state index contributed by atoms with van der Waals surface area (Å²) in [5.41, 5.74) is 0. The molecular formula is C18H26N2O4. The van der Waals surface area contributed by atoms with Gasteiger partial charge >= 0.3 is 0 Å². The molecule has 132 valence electrons. The Balaban J connectivity index is 1.29. The highest BCUT2D eigenvalue weighted by atomic mass is 16.7. The van der Waals surface area contributed by atoms with Crippen LogP contribution < -0.4 is 0 Å². The van der Waals surface area contributed by atoms with Gasteiger partial charge in [-0.15, -0.1) is 0 Å². The van der Waals surface area contributed by atoms with Gasteiger partial charge in [0.05, 0.1) is 38.5 Å². The van der Waals surface area contributed by atoms with Gasteiger partial charge in [0.25, 0.3) is 0 Å². The Kier molecular flexibility index (Phi) is 4.87. The molecule has 3 aliphatic heterocycles. The summed E-state index contributed by atoms with van der Waals surface area (Å²) in [4.78, 5) is 20.3. The van der Waals surface area contributed by atoms with Gasteiger partial charge in [0.2, 0.25) is 5.91 Å². The molecule has 6 heteroatoms. The number of hydrogen-bond acceptors (Lipinski definition) is 5. The van der Waals surface area contributed by atoms with Gasteiger partial charge in [0, 0.05) is 19.0 Å². The van der Waals surface area contributed by atoms with Crippen molar-refractivity contribution >= 4 is 5.91 Å². The highest BCUT2D eigenvalue weighted by Gasteiger charge is 2.42. The molecule has 0 bridgehead atoms. The minimum atomic E-state index is 0.0544. The Morgan fingerprint density at radius 1 is 1.29 bits per heavy atom. The van der Waals surface area contributed by atoms with E-state index in [1.165, 1.54) is 0 Å². The molecule has 1 amide bonds. The lowest BCUT2D eigenvalue weighted by molar-refractivity contribution is -0.199. The molecule has 4 rings (SSSR count). The number of nitrogens with zero attached hydrogens (tertiary/aromatic N) is 2. The lowest BCUT2D eigenvalue weighted by Crippen LogP contribution is -2.42. The number of likely N-dealkylation sites (tertiary alicyclic amines) is 1. The topological polar surface area (TPSA) is 55.2 Å². The molecule has 3 aliphatic rings. The summed E-state index contributed by atoms with van der Waals surface area (Å²) in [6.07, 6.45) is 5.40. The zero-order chi connectivity index (χ0) is 16.4. The largest absolute Gasteiger partial charge is 0.468 e. The van der Waals surface area contributed by atoms with E-state index < -0.39 is 0 Å². The number of furan rings is 1. The second kappa shape index (κ2) is 7.25. The number of hydroxylamine groups is 2. The fraction of sp³-hybridized carbons (Fsp3) is 0.722. The Morgan fingerprint density at radius 2 is 2.25 bits per heavy atom. The van der Waals surface area contributed by atoms with Crippen molar-refractivity contribution in [3.05, 3.63) is 24.2 Å². The molecule has 0 saturated carbocycles. The Hall–Kier alpha value is -1.37. The summed E-state index contributed by atoms with van der Waals surface area (Å²) >= 11 is 0. The third-order valence-electron chi connectivity index (χ3n) is 5.49. The predicted molar refractivity (Wildman–Crippen MR) is 86.8 cm³/mol. The third-order valence-corrected chi connectivity index (χ3v) is 5.49. The van der Waals surface area contributed by atoms with Crippen LogP contribution in [0, 0.1) is 11.8 Å². The first-order valence-electron chi connectivity index (χ1n) is 9.09. The summed E-state index contributed by atoms with van der Waals surface area (Å²) < 4.78 is 11.4. The molecule has 0 aliphatic carbocycles. The van der Waals surface area contributed by atoms with Gasteiger partial charge in [0.15, 0.2) is 0 Å². The van der Waals surface area contributed by atoms with Gasteiger partial charge < -0.3 is 9.15 Å². The summed E-state index contributed by atoms with van der Waals surface area (Å²) in [5, 5.41) is 1.55. The van der Waals surface area contributed by atoms with Crippen LogP contribution in [0.5, 0.6) is 0 Å². The zero-order valence-electron chi connectivity index (χ0n) is 14.1. The van der Waals surface area contributed by atoms with Crippen LogP contribution in [-0.2, 0) is 20.9 Å². The van der Waals surface area contributed by atoms with E-state index in [1.54, 1.807) is 11.3 Å². The minimum Gasteiger partial charge on any atom is -0.468 e. The molecule has 3 fully saturated rings. The quantitative estimate of drug-likeness (QED) is 0.844. The van der Waals surface area contributed by atoms with Gasteiger partial charge in [-0.2, -0.15) is 0 Å². The molecule has 3 saturated heterocycles. The van der Waals surface area contributed by atoms with E-state index in [0.717, 1.165) is 57.8 Å². The number of piperidine rings is 1. The van der Waals surface area contributed by atoms with Crippen LogP contribution in [0.2, 0.25) is 0 Å². The van der Waals surface area contributed by atoms with Crippen LogP contribution in [0.25, 0.3) is 0 Å². The number of carbonyl (C=O) groups excluding carboxylic acids is 1. The predicted octanol–water partition coefficient (Wildman–Crippen LogP) is 2.06. The molecule has 0 spiro atoms. The molecule has 1 aromatic rings. The molecular weight excluding hydrogens is 308 g/mol. The van der Waals surface area contributed by atoms with E-state index in [0.29, 0.717) is 24.9 Å². The van der Waals surface area contributed by atoms with E-state index in [-0.39, 0.29) is 12.0 Å². The second-order valence-electron chi connectivity index (χ2n) is 7.14. The number of amides is 1. The lowest BCUT2D eigenvalue weighted by atomic mass is 9.83. The third kappa shape index (κ3) is 3.50. The van der Waals surface area contributed by atoms with Gasteiger partial charge in [-0.05, 0) is 43.9 Å². The van der Waals surface area contributed by atoms with Gasteiger partial charge in [-0.25, -0.2) is 5.06 Å². The zero-order valence-corrected chi connectivity index (χ0v) is 14.1. The summed E-state index contributed by atoms with van der Waals surface area (Å²) in [6.45, 7) is 5.06. The number of fused-ring (bicyclic) bond motifs is 1. The van der Waals surface area contributed by atoms with Crippen LogP contribution in [0.15, 0.2) is 22.8 Å². The molecule has 4 heterocycles. The van der Waals surface area contributed by atoms with E-state index in [1.807, 2.05) is 12.1 Å². The number of hydrogen-bond donors (Lipinski definition) is 0. The van der Waals surface area contributed by atoms with Gasteiger partial charge in [-0.3, -0.25) is 14.5 Å². The summed E-state index contributed by atoms with van der Waals surface area (Å²) in [7, 11) is 0. The Labute approximate surface area is 142 Å². The maximum atomic E-state index is 12.4. The number of rotatable bonds is 4. The first kappa shape index (κ1) is 16.1. The molecule has 0 aromatic carbocycles. The van der Waals surface area contributed by atoms with Crippen LogP contribution in [0.3, 0.4) is 0 Å². The van der Waals surface area contributed by atoms with Crippen molar-refractivity contribution in [3.8, 4) is 0 Å². The maximum absolute atomic E-state index is 12.4. The molecule has 0 N–H and O–H groups in total. The fourth-order valence-corrected chi connectivity index (χ4v) is 4.21. The smallest absolute Gasteiger partial charge is 0.248 e. The van der Waals surface area contributed by atoms with Crippen LogP contribution in [-0.4, -0.2) is 54.8 Å². The van der Waals surface area contributed by atoms with Crippen LogP contribution in [0.4, 0.5) is 0 Å². The van der Waals surface area contributed by atoms with Gasteiger partial charge in [-0.1, -0.05) is 0 Å². The van der Waals surface area contributed by atoms with E-state index in [4.69, 9.17) is 14.0 Å². The lowest BCUT2D eigenvalue weighted by Gasteiger charge is -2.35. The van der Waals surface area contributed by atoms with Crippen LogP contribution in [0.1, 0.15) is 31.4 Å². The monoisotopic (exact) mass is 334 g/mol. The SMILES string of the molecule is O=C(C[C@@H]1OC[C@@H]2CN(Cc3ccco3)CC[C@@H]21)N1CCCCO1. The molecule has 6 nitrogen and oxygen atoms in total. The fourth-order valence-electron chi connectivity index (χ4n) is 4.21. The molecule has 1 aromatic heterocycles. The number of carbonyl (C=O) groups is 1. The molecule has 0 unspecified atom stereocenters. The van der Waals surface area contributed by atoms with Crippen molar-refractivity contribution in [2.24, 2.45) is 11.8 Å². The summed E-state index contributed by atoms with van der Waals surface area (Å²) in [6, 6.07) is 3.96. The Bertz CT molecular complexity index is 541. The molecule has 3 atom stereocenters. The van der Waals surface area contributed by atoms with Crippen molar-refractivity contribution in [2.75, 3.05) is 32.8 Å². The summed E-state index contributed by atoms with van der Waals surface area (Å²) in [5.74, 6) is 2.11. The first-order valence-corrected chi connectivity index (χ1v) is 9.09. The number of ether oxygens (including phenoxy) is 1. The molecule has 0 radical (unpaired) electrons. The maximum Gasteiger partial charge on any atom is 0.248 e. The molecule has 24 heavy (non-hydrogen) atoms. The van der Waals surface area contributed by atoms with Crippen molar-refractivity contribution in [3.63, 3.8) is 0 Å². The average Bonchev–Trinajstić information content (AvgIpc) is 3.26. The van der Waals surface area contributed by atoms with Gasteiger partial charge in [0.1, 0.15) is 5.76 Å². The average molecular weight is 334 g/mol. The van der Waals surface area contributed by atoms with Crippen molar-refractivity contribution in [1.29, 1.82) is 0 Å². The highest BCUT2D eigenvalue weighted by molar-refractivity contribution is 5.75. The standard InChI is InChI=1S/C18H26N2O4/c21-18(20-6-1-2-9-24-20)10-17-16-5-7-19(11-14(16)13-23-17)12-15-4-3-8-22-15/h3-4,8,14,16-17H,1-2,5-7,9-13H2/t14-,16-,17-/m0/s1. The second-order valence-corrected chi connectivity index (χ2v) is 7.14. The van der Waals surface area contributed by atoms with E-state index in [9.17, 15) is 4.79 Å². The van der Waals surface area contributed by atoms with Crippen LogP contribution >= 0.6 is 0 Å². The highest BCUT2D eigenvalue weighted by Crippen LogP contribution is 2.36. The minimum absolute atomic E-state index is 0.0544. The van der Waals surface area contributed by atoms with Crippen molar-refractivity contribution < 1.29 is 18.8 Å². The van der Waals surface area contributed by atoms with E-state index in [2.05, 4.69) is 4.90 Å².